The Bertz CT molecular complexity index is 1520. The number of rotatable bonds is 27. The monoisotopic (exact) mass is 811 g/mol. The molecule has 0 amide bonds. The first-order valence-corrected chi connectivity index (χ1v) is 25.2. The lowest BCUT2D eigenvalue weighted by molar-refractivity contribution is -0.0908. The third-order valence-corrected chi connectivity index (χ3v) is 14.5. The Balaban J connectivity index is 0.955. The molecule has 2 nitrogen and oxygen atoms in total. The molecule has 0 N–H and O–H groups in total. The number of aryl methyl sites for hydroxylation is 2. The molecule has 0 unspecified atom stereocenters. The second kappa shape index (κ2) is 27.0. The van der Waals surface area contributed by atoms with E-state index >= 15 is 0 Å². The molecule has 6 rings (SSSR count). The van der Waals surface area contributed by atoms with Crippen LogP contribution in [0, 0.1) is 23.7 Å². The van der Waals surface area contributed by atoms with Gasteiger partial charge in [-0.2, -0.15) is 0 Å². The van der Waals surface area contributed by atoms with Crippen LogP contribution < -0.4 is 0 Å². The van der Waals surface area contributed by atoms with Crippen molar-refractivity contribution in [2.75, 3.05) is 0 Å². The molecule has 0 bridgehead atoms. The number of hydrogen-bond acceptors (Lipinski definition) is 2. The second-order valence-corrected chi connectivity index (χ2v) is 19.2. The minimum absolute atomic E-state index is 0.241. The zero-order chi connectivity index (χ0) is 41.5. The van der Waals surface area contributed by atoms with Crippen molar-refractivity contribution in [2.45, 2.75) is 193 Å². The molecule has 0 aliphatic heterocycles. The van der Waals surface area contributed by atoms with E-state index in [-0.39, 0.29) is 12.2 Å². The molecular formula is C58H82O2. The van der Waals surface area contributed by atoms with E-state index in [1.807, 2.05) is 0 Å². The van der Waals surface area contributed by atoms with Crippen LogP contribution in [0.15, 0.2) is 109 Å². The van der Waals surface area contributed by atoms with Crippen molar-refractivity contribution >= 4 is 0 Å². The van der Waals surface area contributed by atoms with Crippen LogP contribution in [0.3, 0.4) is 0 Å². The lowest BCUT2D eigenvalue weighted by atomic mass is 9.78. The highest BCUT2D eigenvalue weighted by molar-refractivity contribution is 5.27. The highest BCUT2D eigenvalue weighted by Gasteiger charge is 2.27. The van der Waals surface area contributed by atoms with Gasteiger partial charge in [0.2, 0.25) is 0 Å². The summed E-state index contributed by atoms with van der Waals surface area (Å²) in [4.78, 5) is 0. The lowest BCUT2D eigenvalue weighted by Crippen LogP contribution is -2.18. The zero-order valence-corrected chi connectivity index (χ0v) is 38.1. The van der Waals surface area contributed by atoms with Crippen molar-refractivity contribution in [1.82, 2.24) is 0 Å². The fourth-order valence-corrected chi connectivity index (χ4v) is 10.5. The smallest absolute Gasteiger partial charge is 0.113 e. The van der Waals surface area contributed by atoms with Crippen LogP contribution >= 0.6 is 0 Å². The minimum atomic E-state index is -0.241. The first-order valence-electron chi connectivity index (χ1n) is 25.2. The van der Waals surface area contributed by atoms with Gasteiger partial charge in [0, 0.05) is 0 Å². The van der Waals surface area contributed by atoms with Crippen LogP contribution in [0.5, 0.6) is 0 Å². The molecule has 0 spiro atoms. The Labute approximate surface area is 367 Å². The molecule has 0 heterocycles. The van der Waals surface area contributed by atoms with Gasteiger partial charge in [0.1, 0.15) is 12.2 Å². The second-order valence-electron chi connectivity index (χ2n) is 19.2. The van der Waals surface area contributed by atoms with Crippen LogP contribution in [0.25, 0.3) is 0 Å². The lowest BCUT2D eigenvalue weighted by Gasteiger charge is -2.29. The highest BCUT2D eigenvalue weighted by Crippen LogP contribution is 2.38. The quantitative estimate of drug-likeness (QED) is 0.0559. The van der Waals surface area contributed by atoms with Crippen molar-refractivity contribution in [3.8, 4) is 0 Å². The van der Waals surface area contributed by atoms with E-state index in [0.717, 1.165) is 34.8 Å². The van der Waals surface area contributed by atoms with Gasteiger partial charge in [0.05, 0.1) is 13.2 Å². The van der Waals surface area contributed by atoms with Gasteiger partial charge in [-0.05, 0) is 82.7 Å². The molecule has 60 heavy (non-hydrogen) atoms. The molecule has 2 saturated carbocycles. The van der Waals surface area contributed by atoms with Gasteiger partial charge >= 0.3 is 0 Å². The molecular weight excluding hydrogens is 729 g/mol. The third-order valence-electron chi connectivity index (χ3n) is 14.5. The Morgan fingerprint density at radius 3 is 0.983 bits per heavy atom. The first kappa shape index (κ1) is 46.3. The number of benzene rings is 4. The molecule has 2 atom stereocenters. The third kappa shape index (κ3) is 16.2. The standard InChI is InChI=1S/C58H82O2/c1-3-5-9-19-47-29-33-49(34-30-47)21-15-17-23-51-37-41-53(42-38-51)45-59-57(55-25-11-7-12-26-55)58(56-27-13-8-14-28-56)60-46-54-43-39-52(40-44-54)24-18-16-22-50-35-31-48(32-36-50)20-10-6-4-2/h7-8,11-14,25-28,37-44,47-50,57-58H,3-6,9-10,15-24,29-36,45-46H2,1-2H3/t47?,48?,49?,50?,57-,58-/m1/s1. The summed E-state index contributed by atoms with van der Waals surface area (Å²) in [6.45, 7) is 5.73. The highest BCUT2D eigenvalue weighted by atomic mass is 16.5. The number of ether oxygens (including phenoxy) is 2. The van der Waals surface area contributed by atoms with E-state index in [2.05, 4.69) is 123 Å². The van der Waals surface area contributed by atoms with E-state index in [9.17, 15) is 0 Å². The average Bonchev–Trinajstić information content (AvgIpc) is 3.30. The van der Waals surface area contributed by atoms with E-state index < -0.39 is 0 Å². The summed E-state index contributed by atoms with van der Waals surface area (Å²) >= 11 is 0. The summed E-state index contributed by atoms with van der Waals surface area (Å²) in [6.07, 6.45) is 33.2. The van der Waals surface area contributed by atoms with Crippen molar-refractivity contribution in [1.29, 1.82) is 0 Å². The molecule has 0 saturated heterocycles. The zero-order valence-electron chi connectivity index (χ0n) is 38.1. The number of unbranched alkanes of at least 4 members (excludes halogenated alkanes) is 6. The number of hydrogen-bond donors (Lipinski definition) is 0. The SMILES string of the molecule is CCCCCC1CCC(CCCCc2ccc(CO[C@H](c3ccccc3)[C@H](OCc3ccc(CCCCC4CCC(CCCCC)CC4)cc3)c3ccccc3)cc2)CC1. The average molecular weight is 811 g/mol. The Kier molecular flexibility index (Phi) is 20.8. The predicted molar refractivity (Wildman–Crippen MR) is 255 cm³/mol. The van der Waals surface area contributed by atoms with E-state index in [0.29, 0.717) is 13.2 Å². The largest absolute Gasteiger partial charge is 0.366 e. The topological polar surface area (TPSA) is 18.5 Å². The van der Waals surface area contributed by atoms with Gasteiger partial charge in [-0.1, -0.05) is 251 Å². The molecule has 2 heteroatoms. The van der Waals surface area contributed by atoms with Crippen LogP contribution in [0.1, 0.15) is 201 Å². The molecule has 2 fully saturated rings. The van der Waals surface area contributed by atoms with Crippen LogP contribution in [-0.4, -0.2) is 0 Å². The van der Waals surface area contributed by atoms with E-state index in [1.165, 1.54) is 176 Å². The molecule has 2 aliphatic rings. The maximum atomic E-state index is 6.88. The van der Waals surface area contributed by atoms with Crippen LogP contribution in [-0.2, 0) is 35.5 Å². The predicted octanol–water partition coefficient (Wildman–Crippen LogP) is 17.1. The van der Waals surface area contributed by atoms with Gasteiger partial charge in [0.25, 0.3) is 0 Å². The molecule has 4 aromatic rings. The summed E-state index contributed by atoms with van der Waals surface area (Å²) in [6, 6.07) is 39.7. The summed E-state index contributed by atoms with van der Waals surface area (Å²) in [5.74, 6) is 3.97. The summed E-state index contributed by atoms with van der Waals surface area (Å²) in [5, 5.41) is 0. The van der Waals surface area contributed by atoms with Crippen molar-refractivity contribution in [3.05, 3.63) is 143 Å². The van der Waals surface area contributed by atoms with Crippen molar-refractivity contribution in [2.24, 2.45) is 23.7 Å². The van der Waals surface area contributed by atoms with Crippen molar-refractivity contribution in [3.63, 3.8) is 0 Å². The van der Waals surface area contributed by atoms with Crippen molar-refractivity contribution < 1.29 is 9.47 Å². The van der Waals surface area contributed by atoms with Crippen LogP contribution in [0.2, 0.25) is 0 Å². The van der Waals surface area contributed by atoms with Gasteiger partial charge in [-0.3, -0.25) is 0 Å². The normalized spacial score (nSPS) is 20.5. The summed E-state index contributed by atoms with van der Waals surface area (Å²) in [5.41, 5.74) is 7.60. The fraction of sp³-hybridized carbons (Fsp3) is 0.586. The van der Waals surface area contributed by atoms with Gasteiger partial charge in [0.15, 0.2) is 0 Å². The molecule has 326 valence electrons. The summed E-state index contributed by atoms with van der Waals surface area (Å²) in [7, 11) is 0. The molecule has 0 radical (unpaired) electrons. The van der Waals surface area contributed by atoms with E-state index in [4.69, 9.17) is 9.47 Å². The fourth-order valence-electron chi connectivity index (χ4n) is 10.5. The van der Waals surface area contributed by atoms with Gasteiger partial charge in [-0.15, -0.1) is 0 Å². The minimum Gasteiger partial charge on any atom is -0.366 e. The van der Waals surface area contributed by atoms with Gasteiger partial charge in [-0.25, -0.2) is 0 Å². The summed E-state index contributed by atoms with van der Waals surface area (Å²) < 4.78 is 13.8. The van der Waals surface area contributed by atoms with Crippen LogP contribution in [0.4, 0.5) is 0 Å². The molecule has 4 aromatic carbocycles. The molecule has 2 aliphatic carbocycles. The maximum Gasteiger partial charge on any atom is 0.113 e. The first-order chi connectivity index (χ1) is 29.7. The Hall–Kier alpha value is -3.20. The Morgan fingerprint density at radius 1 is 0.367 bits per heavy atom. The van der Waals surface area contributed by atoms with Gasteiger partial charge < -0.3 is 9.47 Å². The van der Waals surface area contributed by atoms with E-state index in [1.54, 1.807) is 0 Å². The maximum absolute atomic E-state index is 6.88. The molecule has 0 aromatic heterocycles. The Morgan fingerprint density at radius 2 is 0.667 bits per heavy atom.